The highest BCUT2D eigenvalue weighted by Crippen LogP contribution is 2.31. The normalized spacial score (nSPS) is 14.4. The van der Waals surface area contributed by atoms with Gasteiger partial charge in [0.2, 0.25) is 5.91 Å². The summed E-state index contributed by atoms with van der Waals surface area (Å²) in [5.41, 5.74) is 6.37. The number of carbonyl (C=O) groups excluding carboxylic acids is 1. The standard InChI is InChI=1S/C30H36N4OS.C2H6/c1-22-10-9-13-27(19-22)34-28(14-7-8-15-29(35)31-20-25-11-5-4-6-12-25)32-33-30(34)36-21-26-17-23(2)16-24(3)18-26;1-2/h4-6,9-13,16-18,27H,7-8,14-15,19-21H2,1-3H3,(H,31,35);1-2H3. The van der Waals surface area contributed by atoms with Gasteiger partial charge in [0.1, 0.15) is 5.82 Å². The summed E-state index contributed by atoms with van der Waals surface area (Å²) in [6, 6.07) is 17.0. The summed E-state index contributed by atoms with van der Waals surface area (Å²) in [5.74, 6) is 1.97. The molecule has 0 bridgehead atoms. The van der Waals surface area contributed by atoms with Crippen molar-refractivity contribution in [2.24, 2.45) is 0 Å². The van der Waals surface area contributed by atoms with Crippen molar-refractivity contribution in [2.45, 2.75) is 90.2 Å². The zero-order chi connectivity index (χ0) is 27.3. The van der Waals surface area contributed by atoms with E-state index in [9.17, 15) is 4.79 Å². The predicted octanol–water partition coefficient (Wildman–Crippen LogP) is 7.69. The molecule has 4 rings (SSSR count). The summed E-state index contributed by atoms with van der Waals surface area (Å²) in [5, 5.41) is 13.2. The van der Waals surface area contributed by atoms with Crippen molar-refractivity contribution in [3.8, 4) is 0 Å². The van der Waals surface area contributed by atoms with Crippen LogP contribution in [0.15, 0.2) is 77.5 Å². The number of carbonyl (C=O) groups is 1. The molecular weight excluding hydrogens is 488 g/mol. The van der Waals surface area contributed by atoms with E-state index >= 15 is 0 Å². The number of aromatic nitrogens is 3. The average Bonchev–Trinajstić information content (AvgIpc) is 3.32. The van der Waals surface area contributed by atoms with Gasteiger partial charge in [-0.2, -0.15) is 0 Å². The van der Waals surface area contributed by atoms with Crippen LogP contribution in [0.25, 0.3) is 0 Å². The lowest BCUT2D eigenvalue weighted by Crippen LogP contribution is -2.22. The van der Waals surface area contributed by atoms with Gasteiger partial charge in [-0.3, -0.25) is 9.36 Å². The van der Waals surface area contributed by atoms with Crippen LogP contribution in [0.4, 0.5) is 0 Å². The van der Waals surface area contributed by atoms with Gasteiger partial charge in [-0.25, -0.2) is 0 Å². The van der Waals surface area contributed by atoms with E-state index in [0.29, 0.717) is 13.0 Å². The van der Waals surface area contributed by atoms with Crippen molar-refractivity contribution in [1.82, 2.24) is 20.1 Å². The highest BCUT2D eigenvalue weighted by Gasteiger charge is 2.21. The molecule has 202 valence electrons. The van der Waals surface area contributed by atoms with Gasteiger partial charge in [-0.1, -0.05) is 109 Å². The predicted molar refractivity (Wildman–Crippen MR) is 159 cm³/mol. The van der Waals surface area contributed by atoms with Gasteiger partial charge in [0.25, 0.3) is 0 Å². The molecule has 0 radical (unpaired) electrons. The number of hydrogen-bond donors (Lipinski definition) is 1. The Balaban J connectivity index is 0.00000195. The van der Waals surface area contributed by atoms with Crippen LogP contribution in [0.3, 0.4) is 0 Å². The maximum atomic E-state index is 12.3. The van der Waals surface area contributed by atoms with Gasteiger partial charge >= 0.3 is 0 Å². The molecular formula is C32H42N4OS. The molecule has 2 aromatic carbocycles. The molecule has 38 heavy (non-hydrogen) atoms. The number of unbranched alkanes of at least 4 members (excludes halogenated alkanes) is 1. The molecule has 1 aliphatic rings. The summed E-state index contributed by atoms with van der Waals surface area (Å²) in [6.45, 7) is 11.0. The summed E-state index contributed by atoms with van der Waals surface area (Å²) >= 11 is 1.75. The zero-order valence-corrected chi connectivity index (χ0v) is 24.4. The van der Waals surface area contributed by atoms with Crippen molar-refractivity contribution in [3.63, 3.8) is 0 Å². The lowest BCUT2D eigenvalue weighted by atomic mass is 10.0. The minimum atomic E-state index is 0.0981. The number of hydrogen-bond acceptors (Lipinski definition) is 4. The van der Waals surface area contributed by atoms with Gasteiger partial charge in [-0.05, 0) is 51.2 Å². The molecule has 0 spiro atoms. The van der Waals surface area contributed by atoms with Gasteiger partial charge < -0.3 is 5.32 Å². The number of benzene rings is 2. The molecule has 0 fully saturated rings. The Morgan fingerprint density at radius 3 is 2.45 bits per heavy atom. The first-order valence-corrected chi connectivity index (χ1v) is 14.7. The van der Waals surface area contributed by atoms with E-state index in [1.165, 1.54) is 22.3 Å². The van der Waals surface area contributed by atoms with Crippen LogP contribution in [0, 0.1) is 13.8 Å². The lowest BCUT2D eigenvalue weighted by Gasteiger charge is -2.21. The summed E-state index contributed by atoms with van der Waals surface area (Å²) in [6.07, 6.45) is 10.6. The van der Waals surface area contributed by atoms with E-state index in [4.69, 9.17) is 0 Å². The molecule has 6 heteroatoms. The molecule has 1 N–H and O–H groups in total. The third kappa shape index (κ3) is 9.02. The van der Waals surface area contributed by atoms with Gasteiger partial charge in [0.15, 0.2) is 5.16 Å². The Bertz CT molecular complexity index is 1210. The van der Waals surface area contributed by atoms with E-state index in [1.54, 1.807) is 11.8 Å². The van der Waals surface area contributed by atoms with Crippen LogP contribution in [0.1, 0.15) is 80.6 Å². The van der Waals surface area contributed by atoms with E-state index in [2.05, 4.69) is 77.3 Å². The van der Waals surface area contributed by atoms with Crippen LogP contribution >= 0.6 is 11.8 Å². The molecule has 1 atom stereocenters. The summed E-state index contributed by atoms with van der Waals surface area (Å²) in [4.78, 5) is 12.3. The van der Waals surface area contributed by atoms with Crippen molar-refractivity contribution in [2.75, 3.05) is 0 Å². The molecule has 0 saturated carbocycles. The number of rotatable bonds is 11. The maximum Gasteiger partial charge on any atom is 0.220 e. The van der Waals surface area contributed by atoms with Gasteiger partial charge in [-0.15, -0.1) is 10.2 Å². The minimum Gasteiger partial charge on any atom is -0.352 e. The SMILES string of the molecule is CC.CC1=CC=CC(n2c(CCCCC(=O)NCc3ccccc3)nnc2SCc2cc(C)cc(C)c2)C1. The number of thioether (sulfide) groups is 1. The van der Waals surface area contributed by atoms with Crippen molar-refractivity contribution >= 4 is 17.7 Å². The van der Waals surface area contributed by atoms with Crippen molar-refractivity contribution in [3.05, 3.63) is 100 Å². The third-order valence-electron chi connectivity index (χ3n) is 6.35. The average molecular weight is 531 g/mol. The molecule has 0 saturated heterocycles. The second-order valence-corrected chi connectivity index (χ2v) is 10.6. The zero-order valence-electron chi connectivity index (χ0n) is 23.5. The number of nitrogens with zero attached hydrogens (tertiary/aromatic N) is 3. The monoisotopic (exact) mass is 530 g/mol. The molecule has 1 heterocycles. The van der Waals surface area contributed by atoms with Crippen LogP contribution < -0.4 is 5.32 Å². The number of allylic oxidation sites excluding steroid dienone is 4. The fourth-order valence-electron chi connectivity index (χ4n) is 4.65. The van der Waals surface area contributed by atoms with Crippen LogP contribution in [-0.2, 0) is 23.5 Å². The van der Waals surface area contributed by atoms with Crippen LogP contribution in [-0.4, -0.2) is 20.7 Å². The molecule has 0 aliphatic heterocycles. The Morgan fingerprint density at radius 2 is 1.74 bits per heavy atom. The van der Waals surface area contributed by atoms with E-state index < -0.39 is 0 Å². The summed E-state index contributed by atoms with van der Waals surface area (Å²) in [7, 11) is 0. The molecule has 1 unspecified atom stereocenters. The molecule has 5 nitrogen and oxygen atoms in total. The molecule has 1 aliphatic carbocycles. The minimum absolute atomic E-state index is 0.0981. The third-order valence-corrected chi connectivity index (χ3v) is 7.36. The first kappa shape index (κ1) is 29.4. The lowest BCUT2D eigenvalue weighted by molar-refractivity contribution is -0.121. The second kappa shape index (κ2) is 15.3. The van der Waals surface area contributed by atoms with E-state index in [0.717, 1.165) is 48.0 Å². The van der Waals surface area contributed by atoms with Crippen molar-refractivity contribution in [1.29, 1.82) is 0 Å². The van der Waals surface area contributed by atoms with Crippen LogP contribution in [0.2, 0.25) is 0 Å². The highest BCUT2D eigenvalue weighted by molar-refractivity contribution is 7.98. The molecule has 1 aromatic heterocycles. The number of nitrogens with one attached hydrogen (secondary N) is 1. The first-order chi connectivity index (χ1) is 18.5. The number of aryl methyl sites for hydroxylation is 3. The van der Waals surface area contributed by atoms with Crippen molar-refractivity contribution < 1.29 is 4.79 Å². The molecule has 3 aromatic rings. The topological polar surface area (TPSA) is 59.8 Å². The van der Waals surface area contributed by atoms with Gasteiger partial charge in [0.05, 0.1) is 6.04 Å². The smallest absolute Gasteiger partial charge is 0.220 e. The number of amides is 1. The first-order valence-electron chi connectivity index (χ1n) is 13.8. The molecule has 1 amide bonds. The quantitative estimate of drug-likeness (QED) is 0.204. The van der Waals surface area contributed by atoms with E-state index in [1.807, 2.05) is 44.2 Å². The fourth-order valence-corrected chi connectivity index (χ4v) is 5.60. The Hall–Kier alpha value is -3.12. The second-order valence-electron chi connectivity index (χ2n) is 9.69. The largest absolute Gasteiger partial charge is 0.352 e. The Morgan fingerprint density at radius 1 is 1.00 bits per heavy atom. The highest BCUT2D eigenvalue weighted by atomic mass is 32.2. The Labute approximate surface area is 232 Å². The fraction of sp³-hybridized carbons (Fsp3) is 0.406. The van der Waals surface area contributed by atoms with Crippen LogP contribution in [0.5, 0.6) is 0 Å². The Kier molecular flexibility index (Phi) is 11.9. The van der Waals surface area contributed by atoms with E-state index in [-0.39, 0.29) is 11.9 Å². The maximum absolute atomic E-state index is 12.3. The van der Waals surface area contributed by atoms with Gasteiger partial charge in [0, 0.05) is 25.1 Å². The summed E-state index contributed by atoms with van der Waals surface area (Å²) < 4.78 is 2.32.